The standard InChI is InChI=1S/C23H18N2O4/c1-13-16(14(2)25-23(27)19(13)12-24)8-10-22(26)28-15-7-9-21-18(11-15)17-5-3-4-6-20(17)29-21/h3-7,9,11H,8,10H2,1-2H3,(H,25,27). The highest BCUT2D eigenvalue weighted by Gasteiger charge is 2.15. The topological polar surface area (TPSA) is 96.1 Å². The molecule has 0 saturated heterocycles. The summed E-state index contributed by atoms with van der Waals surface area (Å²) in [6.07, 6.45) is 0.502. The van der Waals surface area contributed by atoms with E-state index in [0.717, 1.165) is 27.5 Å². The number of hydrogen-bond donors (Lipinski definition) is 1. The number of nitrogens with one attached hydrogen (secondary N) is 1. The number of aromatic amines is 1. The number of benzene rings is 2. The van der Waals surface area contributed by atoms with Gasteiger partial charge in [-0.25, -0.2) is 0 Å². The van der Waals surface area contributed by atoms with Crippen LogP contribution in [0.1, 0.15) is 28.8 Å². The van der Waals surface area contributed by atoms with Crippen molar-refractivity contribution in [3.8, 4) is 11.8 Å². The van der Waals surface area contributed by atoms with Crippen molar-refractivity contribution >= 4 is 27.9 Å². The maximum atomic E-state index is 12.4. The van der Waals surface area contributed by atoms with Gasteiger partial charge >= 0.3 is 5.97 Å². The summed E-state index contributed by atoms with van der Waals surface area (Å²) in [4.78, 5) is 26.9. The Bertz CT molecular complexity index is 1360. The second-order valence-electron chi connectivity index (χ2n) is 6.90. The summed E-state index contributed by atoms with van der Waals surface area (Å²) >= 11 is 0. The van der Waals surface area contributed by atoms with Crippen LogP contribution in [0.5, 0.6) is 5.75 Å². The molecule has 29 heavy (non-hydrogen) atoms. The summed E-state index contributed by atoms with van der Waals surface area (Å²) in [5.41, 5.74) is 3.23. The number of nitrogens with zero attached hydrogens (tertiary/aromatic N) is 1. The summed E-state index contributed by atoms with van der Waals surface area (Å²) in [5, 5.41) is 11.0. The zero-order chi connectivity index (χ0) is 20.5. The van der Waals surface area contributed by atoms with Crippen LogP contribution in [-0.4, -0.2) is 11.0 Å². The van der Waals surface area contributed by atoms with Crippen molar-refractivity contribution in [3.63, 3.8) is 0 Å². The van der Waals surface area contributed by atoms with Gasteiger partial charge in [0.25, 0.3) is 5.56 Å². The smallest absolute Gasteiger partial charge is 0.311 e. The number of furan rings is 1. The number of aryl methyl sites for hydroxylation is 1. The van der Waals surface area contributed by atoms with Crippen LogP contribution in [0.2, 0.25) is 0 Å². The first-order valence-electron chi connectivity index (χ1n) is 9.22. The van der Waals surface area contributed by atoms with Crippen LogP contribution < -0.4 is 10.3 Å². The van der Waals surface area contributed by atoms with Crippen LogP contribution in [0.4, 0.5) is 0 Å². The minimum atomic E-state index is -0.408. The van der Waals surface area contributed by atoms with Crippen molar-refractivity contribution in [1.29, 1.82) is 5.26 Å². The Kier molecular flexibility index (Phi) is 4.65. The quantitative estimate of drug-likeness (QED) is 0.417. The monoisotopic (exact) mass is 386 g/mol. The van der Waals surface area contributed by atoms with Crippen LogP contribution in [0, 0.1) is 25.2 Å². The van der Waals surface area contributed by atoms with E-state index < -0.39 is 5.56 Å². The molecule has 0 bridgehead atoms. The van der Waals surface area contributed by atoms with Crippen LogP contribution in [-0.2, 0) is 11.2 Å². The molecule has 144 valence electrons. The molecule has 2 aromatic heterocycles. The summed E-state index contributed by atoms with van der Waals surface area (Å²) in [6.45, 7) is 3.48. The number of esters is 1. The number of rotatable bonds is 4. The molecule has 0 aliphatic carbocycles. The van der Waals surface area contributed by atoms with E-state index in [0.29, 0.717) is 23.4 Å². The highest BCUT2D eigenvalue weighted by molar-refractivity contribution is 6.05. The molecule has 0 radical (unpaired) electrons. The SMILES string of the molecule is Cc1[nH]c(=O)c(C#N)c(C)c1CCC(=O)Oc1ccc2oc3ccccc3c2c1. The highest BCUT2D eigenvalue weighted by Crippen LogP contribution is 2.31. The van der Waals surface area contributed by atoms with E-state index in [1.54, 1.807) is 32.0 Å². The maximum absolute atomic E-state index is 12.4. The normalized spacial score (nSPS) is 10.9. The molecule has 0 atom stereocenters. The van der Waals surface area contributed by atoms with Gasteiger partial charge in [0.2, 0.25) is 0 Å². The largest absolute Gasteiger partial charge is 0.456 e. The second-order valence-corrected chi connectivity index (χ2v) is 6.90. The Balaban J connectivity index is 1.53. The van der Waals surface area contributed by atoms with Crippen molar-refractivity contribution in [3.05, 3.63) is 75.2 Å². The van der Waals surface area contributed by atoms with Gasteiger partial charge in [-0.05, 0) is 55.7 Å². The lowest BCUT2D eigenvalue weighted by molar-refractivity contribution is -0.134. The fraction of sp³-hybridized carbons (Fsp3) is 0.174. The molecule has 0 amide bonds. The highest BCUT2D eigenvalue weighted by atomic mass is 16.5. The first-order valence-corrected chi connectivity index (χ1v) is 9.22. The molecular formula is C23H18N2O4. The van der Waals surface area contributed by atoms with Crippen LogP contribution >= 0.6 is 0 Å². The van der Waals surface area contributed by atoms with E-state index in [2.05, 4.69) is 4.98 Å². The first kappa shape index (κ1) is 18.5. The molecule has 1 N–H and O–H groups in total. The molecule has 0 spiro atoms. The second kappa shape index (κ2) is 7.28. The van der Waals surface area contributed by atoms with Gasteiger partial charge in [0, 0.05) is 16.5 Å². The predicted molar refractivity (Wildman–Crippen MR) is 109 cm³/mol. The number of para-hydroxylation sites is 1. The molecule has 0 saturated carbocycles. The van der Waals surface area contributed by atoms with E-state index in [9.17, 15) is 9.59 Å². The molecule has 0 aliphatic heterocycles. The number of nitriles is 1. The maximum Gasteiger partial charge on any atom is 0.311 e. The Hall–Kier alpha value is -3.85. The van der Waals surface area contributed by atoms with Crippen molar-refractivity contribution < 1.29 is 13.9 Å². The molecule has 4 rings (SSSR count). The van der Waals surface area contributed by atoms with Gasteiger partial charge in [-0.3, -0.25) is 9.59 Å². The third-order valence-electron chi connectivity index (χ3n) is 5.08. The first-order chi connectivity index (χ1) is 14.0. The molecule has 0 fully saturated rings. The third kappa shape index (κ3) is 3.39. The lowest BCUT2D eigenvalue weighted by atomic mass is 9.99. The number of fused-ring (bicyclic) bond motifs is 3. The van der Waals surface area contributed by atoms with Crippen molar-refractivity contribution in [2.45, 2.75) is 26.7 Å². The van der Waals surface area contributed by atoms with Gasteiger partial charge in [0.1, 0.15) is 28.5 Å². The lowest BCUT2D eigenvalue weighted by Crippen LogP contribution is -2.18. The zero-order valence-electron chi connectivity index (χ0n) is 16.0. The third-order valence-corrected chi connectivity index (χ3v) is 5.08. The minimum absolute atomic E-state index is 0.0799. The van der Waals surface area contributed by atoms with Crippen molar-refractivity contribution in [2.75, 3.05) is 0 Å². The molecular weight excluding hydrogens is 368 g/mol. The number of ether oxygens (including phenoxy) is 1. The number of pyridine rings is 1. The van der Waals surface area contributed by atoms with Gasteiger partial charge in [-0.15, -0.1) is 0 Å². The van der Waals surface area contributed by atoms with E-state index >= 15 is 0 Å². The summed E-state index contributed by atoms with van der Waals surface area (Å²) in [7, 11) is 0. The van der Waals surface area contributed by atoms with Gasteiger partial charge in [0.05, 0.1) is 6.42 Å². The van der Waals surface area contributed by atoms with Crippen LogP contribution in [0.15, 0.2) is 51.7 Å². The van der Waals surface area contributed by atoms with E-state index in [4.69, 9.17) is 14.4 Å². The molecule has 4 aromatic rings. The Morgan fingerprint density at radius 2 is 1.90 bits per heavy atom. The number of hydrogen-bond acceptors (Lipinski definition) is 5. The molecule has 6 nitrogen and oxygen atoms in total. The van der Waals surface area contributed by atoms with E-state index in [1.165, 1.54) is 0 Å². The number of carbonyl (C=O) groups is 1. The molecule has 0 unspecified atom stereocenters. The Labute approximate surface area is 166 Å². The average molecular weight is 386 g/mol. The van der Waals surface area contributed by atoms with E-state index in [-0.39, 0.29) is 18.0 Å². The summed E-state index contributed by atoms with van der Waals surface area (Å²) in [6, 6.07) is 14.9. The van der Waals surface area contributed by atoms with Crippen molar-refractivity contribution in [2.24, 2.45) is 0 Å². The average Bonchev–Trinajstić information content (AvgIpc) is 3.06. The van der Waals surface area contributed by atoms with Crippen molar-refractivity contribution in [1.82, 2.24) is 4.98 Å². The summed E-state index contributed by atoms with van der Waals surface area (Å²) in [5.74, 6) is 0.0577. The molecule has 2 heterocycles. The number of aromatic nitrogens is 1. The van der Waals surface area contributed by atoms with E-state index in [1.807, 2.05) is 30.3 Å². The van der Waals surface area contributed by atoms with Gasteiger partial charge < -0.3 is 14.1 Å². The Morgan fingerprint density at radius 1 is 1.14 bits per heavy atom. The fourth-order valence-corrected chi connectivity index (χ4v) is 3.60. The van der Waals surface area contributed by atoms with Gasteiger partial charge in [-0.2, -0.15) is 5.26 Å². The summed E-state index contributed by atoms with van der Waals surface area (Å²) < 4.78 is 11.3. The lowest BCUT2D eigenvalue weighted by Gasteiger charge is -2.10. The van der Waals surface area contributed by atoms with Crippen LogP contribution in [0.25, 0.3) is 21.9 Å². The number of H-pyrrole nitrogens is 1. The molecule has 6 heteroatoms. The predicted octanol–water partition coefficient (Wildman–Crippen LogP) is 4.30. The molecule has 0 aliphatic rings. The van der Waals surface area contributed by atoms with Crippen LogP contribution in [0.3, 0.4) is 0 Å². The van der Waals surface area contributed by atoms with Gasteiger partial charge in [0.15, 0.2) is 0 Å². The molecule has 2 aromatic carbocycles. The fourth-order valence-electron chi connectivity index (χ4n) is 3.60. The van der Waals surface area contributed by atoms with Gasteiger partial charge in [-0.1, -0.05) is 18.2 Å². The number of carbonyl (C=O) groups excluding carboxylic acids is 1. The minimum Gasteiger partial charge on any atom is -0.456 e. The zero-order valence-corrected chi connectivity index (χ0v) is 16.0. The Morgan fingerprint density at radius 3 is 2.69 bits per heavy atom.